The van der Waals surface area contributed by atoms with Gasteiger partial charge in [0.2, 0.25) is 0 Å². The second kappa shape index (κ2) is 4.36. The zero-order valence-electron chi connectivity index (χ0n) is 5.50. The van der Waals surface area contributed by atoms with E-state index < -0.39 is 0 Å². The quantitative estimate of drug-likeness (QED) is 0.629. The standard InChI is InChI=1S/C7H9ClO2/c8-10-6-4-7-3-1-2-5-9-7/h1-3,5,7H,4,6H2. The molecule has 3 heteroatoms. The zero-order chi connectivity index (χ0) is 7.23. The van der Waals surface area contributed by atoms with E-state index in [4.69, 9.17) is 16.6 Å². The molecule has 0 aliphatic carbocycles. The smallest absolute Gasteiger partial charge is 0.118 e. The average molecular weight is 161 g/mol. The summed E-state index contributed by atoms with van der Waals surface area (Å²) >= 11 is 5.02. The van der Waals surface area contributed by atoms with Crippen LogP contribution in [0.15, 0.2) is 24.5 Å². The molecule has 0 aromatic heterocycles. The van der Waals surface area contributed by atoms with Gasteiger partial charge in [0.1, 0.15) is 6.10 Å². The first-order valence-electron chi connectivity index (χ1n) is 3.16. The van der Waals surface area contributed by atoms with E-state index in [9.17, 15) is 0 Å². The molecule has 0 aromatic rings. The van der Waals surface area contributed by atoms with Gasteiger partial charge in [-0.2, -0.15) is 0 Å². The third kappa shape index (κ3) is 2.42. The van der Waals surface area contributed by atoms with E-state index in [1.165, 1.54) is 0 Å². The Balaban J connectivity index is 2.17. The molecule has 0 N–H and O–H groups in total. The van der Waals surface area contributed by atoms with Gasteiger partial charge in [0, 0.05) is 6.42 Å². The van der Waals surface area contributed by atoms with Crippen molar-refractivity contribution in [1.29, 1.82) is 0 Å². The summed E-state index contributed by atoms with van der Waals surface area (Å²) in [7, 11) is 0. The lowest BCUT2D eigenvalue weighted by Crippen LogP contribution is -2.09. The van der Waals surface area contributed by atoms with Crippen molar-refractivity contribution in [3.63, 3.8) is 0 Å². The van der Waals surface area contributed by atoms with Crippen molar-refractivity contribution in [1.82, 2.24) is 0 Å². The first kappa shape index (κ1) is 7.63. The van der Waals surface area contributed by atoms with E-state index >= 15 is 0 Å². The Kier molecular flexibility index (Phi) is 3.33. The predicted molar refractivity (Wildman–Crippen MR) is 39.6 cm³/mol. The van der Waals surface area contributed by atoms with Crippen molar-refractivity contribution in [2.45, 2.75) is 12.5 Å². The van der Waals surface area contributed by atoms with E-state index in [1.54, 1.807) is 6.26 Å². The normalized spacial score (nSPS) is 22.7. The Morgan fingerprint density at radius 1 is 1.50 bits per heavy atom. The highest BCUT2D eigenvalue weighted by atomic mass is 35.5. The Morgan fingerprint density at radius 3 is 3.00 bits per heavy atom. The summed E-state index contributed by atoms with van der Waals surface area (Å²) in [6, 6.07) is 0. The second-order valence-electron chi connectivity index (χ2n) is 1.99. The number of allylic oxidation sites excluding steroid dienone is 2. The van der Waals surface area contributed by atoms with Gasteiger partial charge in [0.05, 0.1) is 24.7 Å². The molecule has 1 atom stereocenters. The van der Waals surface area contributed by atoms with E-state index in [-0.39, 0.29) is 6.10 Å². The van der Waals surface area contributed by atoms with Crippen LogP contribution >= 0.6 is 11.9 Å². The topological polar surface area (TPSA) is 18.5 Å². The fourth-order valence-corrected chi connectivity index (χ4v) is 0.839. The number of rotatable bonds is 3. The molecule has 0 saturated carbocycles. The first-order valence-corrected chi connectivity index (χ1v) is 3.46. The highest BCUT2D eigenvalue weighted by Gasteiger charge is 2.04. The Labute approximate surface area is 65.2 Å². The molecule has 2 nitrogen and oxygen atoms in total. The summed E-state index contributed by atoms with van der Waals surface area (Å²) in [4.78, 5) is 0. The predicted octanol–water partition coefficient (Wildman–Crippen LogP) is 2.02. The third-order valence-electron chi connectivity index (χ3n) is 1.25. The molecule has 10 heavy (non-hydrogen) atoms. The maximum Gasteiger partial charge on any atom is 0.118 e. The minimum Gasteiger partial charge on any atom is -0.494 e. The minimum absolute atomic E-state index is 0.128. The van der Waals surface area contributed by atoms with Crippen LogP contribution in [-0.4, -0.2) is 12.7 Å². The average Bonchev–Trinajstić information content (AvgIpc) is 2.03. The van der Waals surface area contributed by atoms with Crippen molar-refractivity contribution >= 4 is 11.9 Å². The van der Waals surface area contributed by atoms with E-state index in [0.29, 0.717) is 6.61 Å². The molecule has 0 amide bonds. The van der Waals surface area contributed by atoms with Gasteiger partial charge in [-0.3, -0.25) is 4.29 Å². The summed E-state index contributed by atoms with van der Waals surface area (Å²) in [5, 5.41) is 0. The summed E-state index contributed by atoms with van der Waals surface area (Å²) in [6.07, 6.45) is 8.35. The molecule has 0 radical (unpaired) electrons. The van der Waals surface area contributed by atoms with Crippen molar-refractivity contribution in [3.8, 4) is 0 Å². The highest BCUT2D eigenvalue weighted by molar-refractivity contribution is 6.07. The lowest BCUT2D eigenvalue weighted by atomic mass is 10.2. The molecule has 56 valence electrons. The Hall–Kier alpha value is -0.470. The third-order valence-corrected chi connectivity index (χ3v) is 1.40. The second-order valence-corrected chi connectivity index (χ2v) is 2.21. The van der Waals surface area contributed by atoms with Gasteiger partial charge in [-0.1, -0.05) is 6.08 Å². The van der Waals surface area contributed by atoms with E-state index in [0.717, 1.165) is 6.42 Å². The molecule has 1 aliphatic heterocycles. The molecule has 0 aromatic carbocycles. The van der Waals surface area contributed by atoms with Crippen LogP contribution in [0.4, 0.5) is 0 Å². The van der Waals surface area contributed by atoms with E-state index in [2.05, 4.69) is 4.29 Å². The zero-order valence-corrected chi connectivity index (χ0v) is 6.25. The molecule has 0 bridgehead atoms. The van der Waals surface area contributed by atoms with Crippen LogP contribution in [0.2, 0.25) is 0 Å². The van der Waals surface area contributed by atoms with Crippen molar-refractivity contribution in [3.05, 3.63) is 24.5 Å². The molecule has 1 aliphatic rings. The molecule has 0 fully saturated rings. The van der Waals surface area contributed by atoms with Gasteiger partial charge < -0.3 is 4.74 Å². The van der Waals surface area contributed by atoms with Crippen LogP contribution < -0.4 is 0 Å². The van der Waals surface area contributed by atoms with Gasteiger partial charge in [0.15, 0.2) is 0 Å². The molecule has 0 saturated heterocycles. The van der Waals surface area contributed by atoms with Crippen molar-refractivity contribution in [2.24, 2.45) is 0 Å². The van der Waals surface area contributed by atoms with Crippen molar-refractivity contribution < 1.29 is 9.03 Å². The number of halogens is 1. The molecule has 0 spiro atoms. The van der Waals surface area contributed by atoms with Crippen LogP contribution in [0.1, 0.15) is 6.42 Å². The van der Waals surface area contributed by atoms with Crippen LogP contribution in [0.3, 0.4) is 0 Å². The highest BCUT2D eigenvalue weighted by Crippen LogP contribution is 2.06. The largest absolute Gasteiger partial charge is 0.494 e. The molecular weight excluding hydrogens is 152 g/mol. The van der Waals surface area contributed by atoms with Gasteiger partial charge >= 0.3 is 0 Å². The summed E-state index contributed by atoms with van der Waals surface area (Å²) < 4.78 is 9.55. The first-order chi connectivity index (χ1) is 4.93. The van der Waals surface area contributed by atoms with Crippen molar-refractivity contribution in [2.75, 3.05) is 6.61 Å². The number of hydrogen-bond acceptors (Lipinski definition) is 2. The number of ether oxygens (including phenoxy) is 1. The Bertz CT molecular complexity index is 143. The summed E-state index contributed by atoms with van der Waals surface area (Å²) in [5.41, 5.74) is 0. The fourth-order valence-electron chi connectivity index (χ4n) is 0.750. The lowest BCUT2D eigenvalue weighted by molar-refractivity contribution is 0.153. The fraction of sp³-hybridized carbons (Fsp3) is 0.429. The molecular formula is C7H9ClO2. The monoisotopic (exact) mass is 160 g/mol. The van der Waals surface area contributed by atoms with Crippen LogP contribution in [0, 0.1) is 0 Å². The minimum atomic E-state index is 0.128. The summed E-state index contributed by atoms with van der Waals surface area (Å²) in [5.74, 6) is 0. The van der Waals surface area contributed by atoms with Gasteiger partial charge in [-0.05, 0) is 12.2 Å². The van der Waals surface area contributed by atoms with E-state index in [1.807, 2.05) is 18.2 Å². The Morgan fingerprint density at radius 2 is 2.40 bits per heavy atom. The van der Waals surface area contributed by atoms with Gasteiger partial charge in [-0.25, -0.2) is 0 Å². The van der Waals surface area contributed by atoms with Gasteiger partial charge in [0.25, 0.3) is 0 Å². The molecule has 1 unspecified atom stereocenters. The summed E-state index contributed by atoms with van der Waals surface area (Å²) in [6.45, 7) is 0.518. The molecule has 1 rings (SSSR count). The maximum atomic E-state index is 5.17. The maximum absolute atomic E-state index is 5.17. The van der Waals surface area contributed by atoms with Crippen LogP contribution in [-0.2, 0) is 9.03 Å². The molecule has 1 heterocycles. The lowest BCUT2D eigenvalue weighted by Gasteiger charge is -2.12. The van der Waals surface area contributed by atoms with Gasteiger partial charge in [-0.15, -0.1) is 0 Å². The van der Waals surface area contributed by atoms with Crippen LogP contribution in [0.5, 0.6) is 0 Å². The SMILES string of the molecule is ClOCCC1C=CC=CO1. The van der Waals surface area contributed by atoms with Crippen LogP contribution in [0.25, 0.3) is 0 Å². The number of hydrogen-bond donors (Lipinski definition) is 0.